The Hall–Kier alpha value is -1.54. The Morgan fingerprint density at radius 3 is 2.36 bits per heavy atom. The molecule has 0 saturated carbocycles. The topological polar surface area (TPSA) is 86.5 Å². The molecule has 0 saturated heterocycles. The smallest absolute Gasteiger partial charge is 0.339 e. The third-order valence-corrected chi connectivity index (χ3v) is 4.87. The van der Waals surface area contributed by atoms with Gasteiger partial charge in [-0.1, -0.05) is 40.9 Å². The quantitative estimate of drug-likeness (QED) is 0.446. The summed E-state index contributed by atoms with van der Waals surface area (Å²) >= 11 is 17.2. The SMILES string of the molecule is O=[N+]([O-])c1cc(S(=O)(=O)Oc2cccc(Cl)c2Cl)ccc1Cl. The summed E-state index contributed by atoms with van der Waals surface area (Å²) in [5.41, 5.74) is -0.552. The molecule has 0 aliphatic rings. The van der Waals surface area contributed by atoms with Gasteiger partial charge in [-0.3, -0.25) is 10.1 Å². The van der Waals surface area contributed by atoms with Crippen LogP contribution < -0.4 is 4.18 Å². The highest BCUT2D eigenvalue weighted by atomic mass is 35.5. The molecule has 0 bridgehead atoms. The molecule has 0 aliphatic carbocycles. The lowest BCUT2D eigenvalue weighted by Crippen LogP contribution is -2.10. The van der Waals surface area contributed by atoms with Crippen molar-refractivity contribution in [1.29, 1.82) is 0 Å². The van der Waals surface area contributed by atoms with E-state index in [1.165, 1.54) is 18.2 Å². The number of hydrogen-bond acceptors (Lipinski definition) is 5. The van der Waals surface area contributed by atoms with Crippen LogP contribution in [0, 0.1) is 10.1 Å². The fourth-order valence-electron chi connectivity index (χ4n) is 1.50. The lowest BCUT2D eigenvalue weighted by Gasteiger charge is -2.09. The van der Waals surface area contributed by atoms with Crippen LogP contribution in [0.25, 0.3) is 0 Å². The average Bonchev–Trinajstić information content (AvgIpc) is 2.43. The van der Waals surface area contributed by atoms with Crippen LogP contribution in [0.4, 0.5) is 5.69 Å². The Bertz CT molecular complexity index is 854. The van der Waals surface area contributed by atoms with Crippen molar-refractivity contribution in [1.82, 2.24) is 0 Å². The number of rotatable bonds is 4. The maximum atomic E-state index is 12.2. The zero-order valence-electron chi connectivity index (χ0n) is 10.5. The van der Waals surface area contributed by atoms with Crippen LogP contribution in [0.1, 0.15) is 0 Å². The average molecular weight is 383 g/mol. The lowest BCUT2D eigenvalue weighted by molar-refractivity contribution is -0.384. The van der Waals surface area contributed by atoms with E-state index in [4.69, 9.17) is 39.0 Å². The molecule has 6 nitrogen and oxygen atoms in total. The van der Waals surface area contributed by atoms with E-state index in [2.05, 4.69) is 0 Å². The third kappa shape index (κ3) is 3.44. The van der Waals surface area contributed by atoms with E-state index >= 15 is 0 Å². The molecule has 116 valence electrons. The van der Waals surface area contributed by atoms with E-state index < -0.39 is 25.6 Å². The van der Waals surface area contributed by atoms with E-state index in [0.29, 0.717) is 0 Å². The first-order valence-corrected chi connectivity index (χ1v) is 8.09. The van der Waals surface area contributed by atoms with Gasteiger partial charge in [0, 0.05) is 6.07 Å². The predicted molar refractivity (Wildman–Crippen MR) is 82.4 cm³/mol. The third-order valence-electron chi connectivity index (χ3n) is 2.52. The van der Waals surface area contributed by atoms with Crippen LogP contribution >= 0.6 is 34.8 Å². The minimum Gasteiger partial charge on any atom is -0.377 e. The van der Waals surface area contributed by atoms with E-state index in [1.54, 1.807) is 0 Å². The standard InChI is InChI=1S/C12H6Cl3NO5S/c13-8-5-4-7(6-10(8)16(17)18)22(19,20)21-11-3-1-2-9(14)12(11)15/h1-6H. The molecule has 0 amide bonds. The summed E-state index contributed by atoms with van der Waals surface area (Å²) in [4.78, 5) is 9.58. The van der Waals surface area contributed by atoms with Crippen molar-refractivity contribution in [2.45, 2.75) is 4.90 Å². The van der Waals surface area contributed by atoms with E-state index in [1.807, 2.05) is 0 Å². The summed E-state index contributed by atoms with van der Waals surface area (Å²) in [6, 6.07) is 7.19. The highest BCUT2D eigenvalue weighted by Crippen LogP contribution is 2.34. The normalized spacial score (nSPS) is 11.2. The number of nitro benzene ring substituents is 1. The number of nitro groups is 1. The Morgan fingerprint density at radius 1 is 1.05 bits per heavy atom. The van der Waals surface area contributed by atoms with Crippen LogP contribution in [-0.4, -0.2) is 13.3 Å². The zero-order valence-corrected chi connectivity index (χ0v) is 13.6. The fourth-order valence-corrected chi connectivity index (χ4v) is 3.03. The van der Waals surface area contributed by atoms with Crippen molar-refractivity contribution in [2.75, 3.05) is 0 Å². The summed E-state index contributed by atoms with van der Waals surface area (Å²) < 4.78 is 29.2. The molecule has 10 heteroatoms. The molecule has 0 aliphatic heterocycles. The lowest BCUT2D eigenvalue weighted by atomic mass is 10.3. The van der Waals surface area contributed by atoms with Crippen LogP contribution in [0.3, 0.4) is 0 Å². The first kappa shape index (κ1) is 16.8. The molecule has 0 unspecified atom stereocenters. The monoisotopic (exact) mass is 381 g/mol. The molecule has 0 heterocycles. The first-order chi connectivity index (χ1) is 10.2. The molecule has 22 heavy (non-hydrogen) atoms. The Kier molecular flexibility index (Phi) is 4.81. The number of benzene rings is 2. The molecule has 0 atom stereocenters. The van der Waals surface area contributed by atoms with Gasteiger partial charge < -0.3 is 4.18 Å². The summed E-state index contributed by atoms with van der Waals surface area (Å²) in [7, 11) is -4.33. The fraction of sp³-hybridized carbons (Fsp3) is 0. The molecule has 0 spiro atoms. The molecule has 2 rings (SSSR count). The molecular weight excluding hydrogens is 377 g/mol. The van der Waals surface area contributed by atoms with Crippen LogP contribution in [0.5, 0.6) is 5.75 Å². The van der Waals surface area contributed by atoms with Gasteiger partial charge in [0.1, 0.15) is 14.9 Å². The van der Waals surface area contributed by atoms with E-state index in [9.17, 15) is 18.5 Å². The van der Waals surface area contributed by atoms with Crippen molar-refractivity contribution < 1.29 is 17.5 Å². The predicted octanol–water partition coefficient (Wildman–Crippen LogP) is 4.32. The summed E-state index contributed by atoms with van der Waals surface area (Å²) in [6.07, 6.45) is 0. The minimum absolute atomic E-state index is 0.0868. The second-order valence-corrected chi connectivity index (χ2v) is 6.70. The maximum Gasteiger partial charge on any atom is 0.339 e. The Labute approximate surface area is 140 Å². The molecule has 0 N–H and O–H groups in total. The number of nitrogens with zero attached hydrogens (tertiary/aromatic N) is 1. The minimum atomic E-state index is -4.33. The molecular formula is C12H6Cl3NO5S. The van der Waals surface area contributed by atoms with Gasteiger partial charge in [0.05, 0.1) is 9.95 Å². The van der Waals surface area contributed by atoms with Gasteiger partial charge in [-0.2, -0.15) is 8.42 Å². The van der Waals surface area contributed by atoms with Crippen LogP contribution in [0.15, 0.2) is 41.3 Å². The van der Waals surface area contributed by atoms with Crippen molar-refractivity contribution in [2.24, 2.45) is 0 Å². The van der Waals surface area contributed by atoms with Crippen molar-refractivity contribution in [3.63, 3.8) is 0 Å². The number of hydrogen-bond donors (Lipinski definition) is 0. The molecule has 0 radical (unpaired) electrons. The summed E-state index contributed by atoms with van der Waals surface area (Å²) in [5.74, 6) is -0.188. The van der Waals surface area contributed by atoms with E-state index in [-0.39, 0.29) is 20.8 Å². The maximum absolute atomic E-state index is 12.2. The van der Waals surface area contributed by atoms with Crippen LogP contribution in [0.2, 0.25) is 15.1 Å². The summed E-state index contributed by atoms with van der Waals surface area (Å²) in [6.45, 7) is 0. The van der Waals surface area contributed by atoms with Crippen molar-refractivity contribution in [3.8, 4) is 5.75 Å². The Balaban J connectivity index is 2.45. The van der Waals surface area contributed by atoms with Crippen molar-refractivity contribution in [3.05, 3.63) is 61.6 Å². The highest BCUT2D eigenvalue weighted by molar-refractivity contribution is 7.87. The molecule has 0 fully saturated rings. The van der Waals surface area contributed by atoms with Gasteiger partial charge in [0.2, 0.25) is 0 Å². The molecule has 2 aromatic carbocycles. The zero-order chi connectivity index (χ0) is 16.5. The van der Waals surface area contributed by atoms with Crippen LogP contribution in [-0.2, 0) is 10.1 Å². The van der Waals surface area contributed by atoms with E-state index in [0.717, 1.165) is 18.2 Å². The number of halogens is 3. The molecule has 0 aromatic heterocycles. The highest BCUT2D eigenvalue weighted by Gasteiger charge is 2.23. The second-order valence-electron chi connectivity index (χ2n) is 3.96. The van der Waals surface area contributed by atoms with Crippen molar-refractivity contribution >= 4 is 50.6 Å². The van der Waals surface area contributed by atoms with Gasteiger partial charge in [-0.05, 0) is 24.3 Å². The van der Waals surface area contributed by atoms with Gasteiger partial charge in [0.15, 0.2) is 5.75 Å². The first-order valence-electron chi connectivity index (χ1n) is 5.55. The largest absolute Gasteiger partial charge is 0.377 e. The summed E-state index contributed by atoms with van der Waals surface area (Å²) in [5, 5.41) is 10.6. The van der Waals surface area contributed by atoms with Gasteiger partial charge in [-0.15, -0.1) is 0 Å². The van der Waals surface area contributed by atoms with Gasteiger partial charge >= 0.3 is 10.1 Å². The molecule has 2 aromatic rings. The second kappa shape index (κ2) is 6.29. The van der Waals surface area contributed by atoms with Gasteiger partial charge in [-0.25, -0.2) is 0 Å². The van der Waals surface area contributed by atoms with Gasteiger partial charge in [0.25, 0.3) is 5.69 Å². The Morgan fingerprint density at radius 2 is 1.73 bits per heavy atom.